The fourth-order valence-corrected chi connectivity index (χ4v) is 1.86. The molecule has 96 valence electrons. The first-order valence-electron chi connectivity index (χ1n) is 5.66. The third-order valence-corrected chi connectivity index (χ3v) is 2.66. The molecule has 0 aliphatic heterocycles. The van der Waals surface area contributed by atoms with Gasteiger partial charge in [0.2, 0.25) is 0 Å². The average Bonchev–Trinajstić information content (AvgIpc) is 2.36. The number of benzene rings is 1. The molecule has 0 aromatic heterocycles. The number of rotatable bonds is 7. The smallest absolute Gasteiger partial charge is 0.338 e. The van der Waals surface area contributed by atoms with Crippen molar-refractivity contribution < 1.29 is 14.3 Å². The highest BCUT2D eigenvalue weighted by Crippen LogP contribution is 2.18. The van der Waals surface area contributed by atoms with Crippen LogP contribution in [-0.4, -0.2) is 18.4 Å². The molecule has 0 spiro atoms. The van der Waals surface area contributed by atoms with Crippen molar-refractivity contribution in [3.8, 4) is 0 Å². The maximum absolute atomic E-state index is 11.8. The van der Waals surface area contributed by atoms with Crippen molar-refractivity contribution in [1.82, 2.24) is 0 Å². The van der Waals surface area contributed by atoms with Gasteiger partial charge in [0.1, 0.15) is 12.4 Å². The van der Waals surface area contributed by atoms with E-state index in [4.69, 9.17) is 4.74 Å². The number of carbonyl (C=O) groups is 2. The summed E-state index contributed by atoms with van der Waals surface area (Å²) in [7, 11) is 0. The summed E-state index contributed by atoms with van der Waals surface area (Å²) in [6, 6.07) is 8.78. The molecule has 4 heteroatoms. The van der Waals surface area contributed by atoms with E-state index in [0.717, 1.165) is 10.8 Å². The van der Waals surface area contributed by atoms with Crippen molar-refractivity contribution >= 4 is 28.2 Å². The minimum atomic E-state index is -0.375. The van der Waals surface area contributed by atoms with E-state index in [1.807, 2.05) is 6.07 Å². The third-order valence-electron chi connectivity index (χ3n) is 2.34. The van der Waals surface area contributed by atoms with Gasteiger partial charge in [0.25, 0.3) is 0 Å². The summed E-state index contributed by atoms with van der Waals surface area (Å²) < 4.78 is 6.11. The SMILES string of the molecule is C=C(Br)C[C@H](CCC=O)OC(=O)c1ccccc1. The van der Waals surface area contributed by atoms with Crippen LogP contribution in [0.15, 0.2) is 41.4 Å². The molecule has 0 heterocycles. The van der Waals surface area contributed by atoms with Crippen molar-refractivity contribution in [3.05, 3.63) is 47.0 Å². The molecule has 0 radical (unpaired) electrons. The minimum absolute atomic E-state index is 0.324. The van der Waals surface area contributed by atoms with Crippen LogP contribution >= 0.6 is 15.9 Å². The third kappa shape index (κ3) is 5.27. The van der Waals surface area contributed by atoms with Gasteiger partial charge in [0.15, 0.2) is 0 Å². The lowest BCUT2D eigenvalue weighted by atomic mass is 10.1. The topological polar surface area (TPSA) is 43.4 Å². The monoisotopic (exact) mass is 310 g/mol. The van der Waals surface area contributed by atoms with E-state index in [0.29, 0.717) is 24.8 Å². The maximum atomic E-state index is 11.8. The van der Waals surface area contributed by atoms with E-state index in [9.17, 15) is 9.59 Å². The highest BCUT2D eigenvalue weighted by molar-refractivity contribution is 9.11. The van der Waals surface area contributed by atoms with Gasteiger partial charge in [-0.2, -0.15) is 0 Å². The van der Waals surface area contributed by atoms with E-state index in [1.165, 1.54) is 0 Å². The Morgan fingerprint density at radius 3 is 2.61 bits per heavy atom. The second-order valence-corrected chi connectivity index (χ2v) is 4.98. The van der Waals surface area contributed by atoms with Crippen molar-refractivity contribution in [1.29, 1.82) is 0 Å². The number of halogens is 1. The van der Waals surface area contributed by atoms with Crippen LogP contribution in [0.3, 0.4) is 0 Å². The Morgan fingerprint density at radius 1 is 1.39 bits per heavy atom. The highest BCUT2D eigenvalue weighted by atomic mass is 79.9. The number of hydrogen-bond donors (Lipinski definition) is 0. The Morgan fingerprint density at radius 2 is 2.06 bits per heavy atom. The van der Waals surface area contributed by atoms with E-state index < -0.39 is 0 Å². The van der Waals surface area contributed by atoms with Crippen molar-refractivity contribution in [3.63, 3.8) is 0 Å². The van der Waals surface area contributed by atoms with Crippen LogP contribution < -0.4 is 0 Å². The minimum Gasteiger partial charge on any atom is -0.458 e. The van der Waals surface area contributed by atoms with Crippen LogP contribution in [0.4, 0.5) is 0 Å². The summed E-state index contributed by atoms with van der Waals surface area (Å²) in [4.78, 5) is 22.2. The lowest BCUT2D eigenvalue weighted by Gasteiger charge is -2.16. The molecule has 0 fully saturated rings. The van der Waals surface area contributed by atoms with Gasteiger partial charge < -0.3 is 9.53 Å². The summed E-state index contributed by atoms with van der Waals surface area (Å²) >= 11 is 3.24. The fourth-order valence-electron chi connectivity index (χ4n) is 1.50. The lowest BCUT2D eigenvalue weighted by molar-refractivity contribution is -0.108. The summed E-state index contributed by atoms with van der Waals surface area (Å²) in [5.41, 5.74) is 0.508. The van der Waals surface area contributed by atoms with Gasteiger partial charge in [0.05, 0.1) is 5.56 Å². The summed E-state index contributed by atoms with van der Waals surface area (Å²) in [5, 5.41) is 0. The molecule has 0 aliphatic rings. The first kappa shape index (κ1) is 14.6. The Balaban J connectivity index is 2.61. The molecule has 3 nitrogen and oxygen atoms in total. The fraction of sp³-hybridized carbons (Fsp3) is 0.286. The van der Waals surface area contributed by atoms with Crippen LogP contribution in [-0.2, 0) is 9.53 Å². The van der Waals surface area contributed by atoms with E-state index in [1.54, 1.807) is 24.3 Å². The Hall–Kier alpha value is -1.42. The van der Waals surface area contributed by atoms with Crippen molar-refractivity contribution in [2.45, 2.75) is 25.4 Å². The number of aldehydes is 1. The van der Waals surface area contributed by atoms with Gasteiger partial charge in [-0.05, 0) is 23.0 Å². The molecule has 1 atom stereocenters. The van der Waals surface area contributed by atoms with Crippen molar-refractivity contribution in [2.24, 2.45) is 0 Å². The molecule has 0 amide bonds. The Labute approximate surface area is 115 Å². The zero-order chi connectivity index (χ0) is 13.4. The predicted molar refractivity (Wildman–Crippen MR) is 73.6 cm³/mol. The molecule has 0 saturated carbocycles. The van der Waals surface area contributed by atoms with Crippen molar-refractivity contribution in [2.75, 3.05) is 0 Å². The zero-order valence-electron chi connectivity index (χ0n) is 9.97. The quantitative estimate of drug-likeness (QED) is 0.572. The van der Waals surface area contributed by atoms with Crippen LogP contribution in [0, 0.1) is 0 Å². The zero-order valence-corrected chi connectivity index (χ0v) is 11.6. The number of ether oxygens (including phenoxy) is 1. The first-order chi connectivity index (χ1) is 8.63. The van der Waals surface area contributed by atoms with Crippen LogP contribution in [0.2, 0.25) is 0 Å². The molecule has 1 rings (SSSR count). The average molecular weight is 311 g/mol. The van der Waals surface area contributed by atoms with Gasteiger partial charge in [0, 0.05) is 12.8 Å². The number of carbonyl (C=O) groups excluding carboxylic acids is 2. The molecular weight excluding hydrogens is 296 g/mol. The molecule has 0 unspecified atom stereocenters. The van der Waals surface area contributed by atoms with Crippen LogP contribution in [0.5, 0.6) is 0 Å². The Bertz CT molecular complexity index is 414. The highest BCUT2D eigenvalue weighted by Gasteiger charge is 2.16. The normalized spacial score (nSPS) is 11.6. The maximum Gasteiger partial charge on any atom is 0.338 e. The molecule has 0 saturated heterocycles. The second-order valence-electron chi connectivity index (χ2n) is 3.86. The molecule has 0 aliphatic carbocycles. The summed E-state index contributed by atoms with van der Waals surface area (Å²) in [5.74, 6) is -0.375. The molecule has 1 aromatic rings. The molecule has 0 N–H and O–H groups in total. The van der Waals surface area contributed by atoms with Crippen LogP contribution in [0.1, 0.15) is 29.6 Å². The molecule has 18 heavy (non-hydrogen) atoms. The van der Waals surface area contributed by atoms with E-state index in [-0.39, 0.29) is 12.1 Å². The van der Waals surface area contributed by atoms with E-state index in [2.05, 4.69) is 22.5 Å². The Kier molecular flexibility index (Phi) is 6.36. The van der Waals surface area contributed by atoms with Gasteiger partial charge >= 0.3 is 5.97 Å². The van der Waals surface area contributed by atoms with Gasteiger partial charge in [-0.3, -0.25) is 0 Å². The summed E-state index contributed by atoms with van der Waals surface area (Å²) in [6.07, 6.45) is 1.88. The summed E-state index contributed by atoms with van der Waals surface area (Å²) in [6.45, 7) is 3.72. The largest absolute Gasteiger partial charge is 0.458 e. The second kappa shape index (κ2) is 7.82. The van der Waals surface area contributed by atoms with Crippen LogP contribution in [0.25, 0.3) is 0 Å². The number of hydrogen-bond acceptors (Lipinski definition) is 3. The van der Waals surface area contributed by atoms with Gasteiger partial charge in [-0.15, -0.1) is 0 Å². The van der Waals surface area contributed by atoms with Gasteiger partial charge in [-0.25, -0.2) is 4.79 Å². The lowest BCUT2D eigenvalue weighted by Crippen LogP contribution is -2.18. The first-order valence-corrected chi connectivity index (χ1v) is 6.45. The number of esters is 1. The van der Waals surface area contributed by atoms with E-state index >= 15 is 0 Å². The standard InChI is InChI=1S/C14H15BrO3/c1-11(15)10-13(8-5-9-16)18-14(17)12-6-3-2-4-7-12/h2-4,6-7,9,13H,1,5,8,10H2/t13-/m0/s1. The molecule has 1 aromatic carbocycles. The predicted octanol–water partition coefficient (Wildman–Crippen LogP) is 3.49. The molecular formula is C14H15BrO3. The van der Waals surface area contributed by atoms with Gasteiger partial charge in [-0.1, -0.05) is 40.7 Å². The molecule has 0 bridgehead atoms.